The molecule has 0 unspecified atom stereocenters. The van der Waals surface area contributed by atoms with E-state index in [4.69, 9.17) is 0 Å². The van der Waals surface area contributed by atoms with E-state index in [9.17, 15) is 14.4 Å². The number of benzene rings is 1. The van der Waals surface area contributed by atoms with Crippen molar-refractivity contribution in [2.24, 2.45) is 0 Å². The molecular formula is C22H25N5O3. The highest BCUT2D eigenvalue weighted by Crippen LogP contribution is 2.22. The molecule has 3 heterocycles. The molecule has 1 aromatic heterocycles. The number of nitrogens with one attached hydrogen (secondary N) is 1. The first-order valence-corrected chi connectivity index (χ1v) is 10.3. The fourth-order valence-corrected chi connectivity index (χ4v) is 3.88. The van der Waals surface area contributed by atoms with Crippen molar-refractivity contribution in [3.05, 3.63) is 52.8 Å². The summed E-state index contributed by atoms with van der Waals surface area (Å²) >= 11 is 0. The van der Waals surface area contributed by atoms with E-state index in [0.29, 0.717) is 24.1 Å². The number of amides is 3. The van der Waals surface area contributed by atoms with E-state index in [1.165, 1.54) is 4.90 Å². The van der Waals surface area contributed by atoms with Gasteiger partial charge in [0.25, 0.3) is 11.8 Å². The van der Waals surface area contributed by atoms with Gasteiger partial charge in [0.15, 0.2) is 0 Å². The highest BCUT2D eigenvalue weighted by Gasteiger charge is 2.34. The van der Waals surface area contributed by atoms with Gasteiger partial charge in [0.05, 0.1) is 23.4 Å². The summed E-state index contributed by atoms with van der Waals surface area (Å²) in [5.74, 6) is 0.0109. The Balaban J connectivity index is 1.26. The predicted octanol–water partition coefficient (Wildman–Crippen LogP) is 2.08. The van der Waals surface area contributed by atoms with Gasteiger partial charge >= 0.3 is 0 Å². The van der Waals surface area contributed by atoms with E-state index in [1.807, 2.05) is 13.0 Å². The summed E-state index contributed by atoms with van der Waals surface area (Å²) in [6.45, 7) is 4.41. The molecule has 2 aliphatic heterocycles. The third-order valence-electron chi connectivity index (χ3n) is 5.41. The summed E-state index contributed by atoms with van der Waals surface area (Å²) in [7, 11) is 0. The van der Waals surface area contributed by atoms with E-state index < -0.39 is 0 Å². The van der Waals surface area contributed by atoms with Crippen molar-refractivity contribution in [3.63, 3.8) is 0 Å². The molecule has 1 N–H and O–H groups in total. The summed E-state index contributed by atoms with van der Waals surface area (Å²) in [6.07, 6.45) is 2.95. The van der Waals surface area contributed by atoms with Crippen LogP contribution in [-0.4, -0.2) is 52.2 Å². The normalized spacial score (nSPS) is 15.6. The Morgan fingerprint density at radius 1 is 1.07 bits per heavy atom. The van der Waals surface area contributed by atoms with Gasteiger partial charge in [0.1, 0.15) is 0 Å². The highest BCUT2D eigenvalue weighted by atomic mass is 16.2. The van der Waals surface area contributed by atoms with Crippen molar-refractivity contribution in [2.45, 2.75) is 39.2 Å². The first kappa shape index (κ1) is 20.0. The number of aromatic nitrogens is 2. The molecule has 2 aromatic rings. The minimum atomic E-state index is -0.290. The van der Waals surface area contributed by atoms with E-state index in [2.05, 4.69) is 20.2 Å². The maximum Gasteiger partial charge on any atom is 0.261 e. The highest BCUT2D eigenvalue weighted by molar-refractivity contribution is 6.21. The molecule has 8 nitrogen and oxygen atoms in total. The van der Waals surface area contributed by atoms with Crippen molar-refractivity contribution >= 4 is 23.7 Å². The molecule has 0 atom stereocenters. The molecule has 8 heteroatoms. The third kappa shape index (κ3) is 4.17. The first-order chi connectivity index (χ1) is 14.5. The number of rotatable bonds is 7. The second-order valence-corrected chi connectivity index (χ2v) is 7.68. The Bertz CT molecular complexity index is 949. The van der Waals surface area contributed by atoms with E-state index in [-0.39, 0.29) is 30.7 Å². The Labute approximate surface area is 175 Å². The molecule has 0 spiro atoms. The fourth-order valence-electron chi connectivity index (χ4n) is 3.88. The smallest absolute Gasteiger partial charge is 0.261 e. The molecule has 4 rings (SSSR count). The second-order valence-electron chi connectivity index (χ2n) is 7.68. The van der Waals surface area contributed by atoms with Crippen LogP contribution in [0.1, 0.15) is 57.8 Å². The van der Waals surface area contributed by atoms with E-state index in [1.54, 1.807) is 24.3 Å². The first-order valence-electron chi connectivity index (χ1n) is 10.3. The zero-order valence-corrected chi connectivity index (χ0v) is 17.1. The van der Waals surface area contributed by atoms with Gasteiger partial charge in [-0.05, 0) is 44.4 Å². The molecule has 30 heavy (non-hydrogen) atoms. The summed E-state index contributed by atoms with van der Waals surface area (Å²) in [5, 5.41) is 2.87. The average molecular weight is 407 g/mol. The van der Waals surface area contributed by atoms with Crippen molar-refractivity contribution in [2.75, 3.05) is 24.5 Å². The van der Waals surface area contributed by atoms with Crippen LogP contribution in [0.5, 0.6) is 0 Å². The maximum absolute atomic E-state index is 12.4. The van der Waals surface area contributed by atoms with Crippen molar-refractivity contribution in [3.8, 4) is 0 Å². The van der Waals surface area contributed by atoms with Crippen molar-refractivity contribution < 1.29 is 14.4 Å². The van der Waals surface area contributed by atoms with Crippen LogP contribution in [0.2, 0.25) is 0 Å². The van der Waals surface area contributed by atoms with Crippen LogP contribution in [0.4, 0.5) is 5.95 Å². The van der Waals surface area contributed by atoms with Crippen LogP contribution in [0.15, 0.2) is 30.3 Å². The lowest BCUT2D eigenvalue weighted by atomic mass is 10.1. The molecule has 2 aliphatic rings. The quantitative estimate of drug-likeness (QED) is 0.706. The molecule has 0 saturated carbocycles. The molecule has 3 amide bonds. The third-order valence-corrected chi connectivity index (χ3v) is 5.41. The van der Waals surface area contributed by atoms with Gasteiger partial charge < -0.3 is 10.2 Å². The lowest BCUT2D eigenvalue weighted by Crippen LogP contribution is -2.32. The summed E-state index contributed by atoms with van der Waals surface area (Å²) < 4.78 is 0. The van der Waals surface area contributed by atoms with Crippen LogP contribution < -0.4 is 10.2 Å². The molecule has 0 radical (unpaired) electrons. The Kier molecular flexibility index (Phi) is 5.74. The van der Waals surface area contributed by atoms with Gasteiger partial charge in [-0.3, -0.25) is 19.3 Å². The predicted molar refractivity (Wildman–Crippen MR) is 111 cm³/mol. The van der Waals surface area contributed by atoms with Gasteiger partial charge in [-0.25, -0.2) is 9.97 Å². The van der Waals surface area contributed by atoms with Gasteiger partial charge in [-0.1, -0.05) is 12.1 Å². The summed E-state index contributed by atoms with van der Waals surface area (Å²) in [5.41, 5.74) is 2.51. The number of hydrogen-bond acceptors (Lipinski definition) is 6. The molecular weight excluding hydrogens is 382 g/mol. The Hall–Kier alpha value is -3.29. The summed E-state index contributed by atoms with van der Waals surface area (Å²) in [4.78, 5) is 49.4. The zero-order chi connectivity index (χ0) is 21.1. The Morgan fingerprint density at radius 2 is 1.73 bits per heavy atom. The number of hydrogen-bond donors (Lipinski definition) is 1. The minimum absolute atomic E-state index is 0.134. The monoisotopic (exact) mass is 407 g/mol. The molecule has 156 valence electrons. The van der Waals surface area contributed by atoms with Crippen LogP contribution in [-0.2, 0) is 11.3 Å². The van der Waals surface area contributed by atoms with E-state index >= 15 is 0 Å². The molecule has 0 bridgehead atoms. The lowest BCUT2D eigenvalue weighted by Gasteiger charge is -2.16. The Morgan fingerprint density at radius 3 is 2.40 bits per heavy atom. The number of carbonyl (C=O) groups is 3. The van der Waals surface area contributed by atoms with Gasteiger partial charge in [-0.2, -0.15) is 0 Å². The zero-order valence-electron chi connectivity index (χ0n) is 17.1. The molecule has 1 saturated heterocycles. The van der Waals surface area contributed by atoms with Gasteiger partial charge in [0.2, 0.25) is 11.9 Å². The number of imide groups is 1. The lowest BCUT2D eigenvalue weighted by molar-refractivity contribution is -0.121. The number of anilines is 1. The number of aryl methyl sites for hydroxylation is 1. The van der Waals surface area contributed by atoms with Crippen LogP contribution in [0, 0.1) is 6.92 Å². The second kappa shape index (κ2) is 8.61. The van der Waals surface area contributed by atoms with Crippen LogP contribution >= 0.6 is 0 Å². The average Bonchev–Trinajstić information content (AvgIpc) is 3.36. The summed E-state index contributed by atoms with van der Waals surface area (Å²) in [6, 6.07) is 8.67. The fraction of sp³-hybridized carbons (Fsp3) is 0.409. The number of carbonyl (C=O) groups excluding carboxylic acids is 3. The van der Waals surface area contributed by atoms with E-state index in [0.717, 1.165) is 43.3 Å². The number of nitrogens with zero attached hydrogens (tertiary/aromatic N) is 4. The maximum atomic E-state index is 12.4. The number of fused-ring (bicyclic) bond motifs is 1. The minimum Gasteiger partial charge on any atom is -0.350 e. The van der Waals surface area contributed by atoms with Crippen molar-refractivity contribution in [1.29, 1.82) is 0 Å². The van der Waals surface area contributed by atoms with Crippen LogP contribution in [0.3, 0.4) is 0 Å². The van der Waals surface area contributed by atoms with Crippen LogP contribution in [0.25, 0.3) is 0 Å². The largest absolute Gasteiger partial charge is 0.350 e. The molecule has 1 fully saturated rings. The van der Waals surface area contributed by atoms with Gasteiger partial charge in [-0.15, -0.1) is 0 Å². The standard InChI is InChI=1S/C22H25N5O3/c1-15-13-16(25-22(24-15)26-10-4-5-11-26)14-23-19(28)9-6-12-27-20(29)17-7-2-3-8-18(17)21(27)30/h2-3,7-8,13H,4-6,9-12,14H2,1H3,(H,23,28). The van der Waals surface area contributed by atoms with Crippen molar-refractivity contribution in [1.82, 2.24) is 20.2 Å². The topological polar surface area (TPSA) is 95.5 Å². The molecule has 0 aliphatic carbocycles. The van der Waals surface area contributed by atoms with Gasteiger partial charge in [0, 0.05) is 31.7 Å². The SMILES string of the molecule is Cc1cc(CNC(=O)CCCN2C(=O)c3ccccc3C2=O)nc(N2CCCC2)n1. The molecule has 1 aromatic carbocycles.